The molecular formula is C12H17NaO4. The molecule has 5 heteroatoms. The summed E-state index contributed by atoms with van der Waals surface area (Å²) in [5.41, 5.74) is 0.705. The zero-order valence-corrected chi connectivity index (χ0v) is 12.7. The van der Waals surface area contributed by atoms with E-state index in [0.717, 1.165) is 0 Å². The number of rotatable bonds is 5. The van der Waals surface area contributed by atoms with Gasteiger partial charge < -0.3 is 16.0 Å². The largest absolute Gasteiger partial charge is 1.00 e. The molecule has 0 amide bonds. The summed E-state index contributed by atoms with van der Waals surface area (Å²) in [6, 6.07) is 5.17. The third-order valence-electron chi connectivity index (χ3n) is 2.36. The first-order valence-corrected chi connectivity index (χ1v) is 5.13. The number of methoxy groups -OCH3 is 1. The monoisotopic (exact) mass is 248 g/mol. The molecule has 0 aliphatic carbocycles. The second kappa shape index (κ2) is 7.58. The molecule has 0 aromatic heterocycles. The van der Waals surface area contributed by atoms with Gasteiger partial charge in [0, 0.05) is 0 Å². The summed E-state index contributed by atoms with van der Waals surface area (Å²) in [4.78, 5) is 10.9. The van der Waals surface area contributed by atoms with E-state index < -0.39 is 11.9 Å². The summed E-state index contributed by atoms with van der Waals surface area (Å²) >= 11 is 0. The fraction of sp³-hybridized carbons (Fsp3) is 0.417. The van der Waals surface area contributed by atoms with Crippen LogP contribution >= 0.6 is 0 Å². The SMILES string of the molecule is CCOc1cc(C(C)C(=O)O)ccc1OC.[H-].[Na+]. The van der Waals surface area contributed by atoms with Crippen LogP contribution in [0.5, 0.6) is 11.5 Å². The van der Waals surface area contributed by atoms with Gasteiger partial charge >= 0.3 is 35.5 Å². The van der Waals surface area contributed by atoms with Crippen molar-refractivity contribution in [1.29, 1.82) is 0 Å². The Morgan fingerprint density at radius 2 is 2.12 bits per heavy atom. The molecule has 1 atom stereocenters. The van der Waals surface area contributed by atoms with Crippen molar-refractivity contribution in [2.45, 2.75) is 19.8 Å². The van der Waals surface area contributed by atoms with Crippen molar-refractivity contribution in [2.24, 2.45) is 0 Å². The molecule has 17 heavy (non-hydrogen) atoms. The molecule has 0 fully saturated rings. The molecule has 1 rings (SSSR count). The van der Waals surface area contributed by atoms with Gasteiger partial charge in [0.25, 0.3) is 0 Å². The maximum atomic E-state index is 10.9. The maximum absolute atomic E-state index is 10.9. The number of carboxylic acid groups (broad SMARTS) is 1. The Bertz CT molecular complexity index is 384. The van der Waals surface area contributed by atoms with Crippen molar-refractivity contribution in [1.82, 2.24) is 0 Å². The van der Waals surface area contributed by atoms with Crippen molar-refractivity contribution in [3.8, 4) is 11.5 Å². The number of benzene rings is 1. The van der Waals surface area contributed by atoms with Crippen molar-refractivity contribution >= 4 is 5.97 Å². The van der Waals surface area contributed by atoms with Crippen molar-refractivity contribution in [3.05, 3.63) is 23.8 Å². The minimum absolute atomic E-state index is 0. The van der Waals surface area contributed by atoms with Crippen LogP contribution in [0.1, 0.15) is 26.8 Å². The number of carbonyl (C=O) groups is 1. The van der Waals surface area contributed by atoms with E-state index in [4.69, 9.17) is 14.6 Å². The second-order valence-electron chi connectivity index (χ2n) is 3.40. The van der Waals surface area contributed by atoms with Gasteiger partial charge in [-0.05, 0) is 31.5 Å². The smallest absolute Gasteiger partial charge is 1.00 e. The number of hydrogen-bond acceptors (Lipinski definition) is 3. The summed E-state index contributed by atoms with van der Waals surface area (Å²) in [5, 5.41) is 8.91. The van der Waals surface area contributed by atoms with E-state index in [1.54, 1.807) is 32.2 Å². The number of carboxylic acids is 1. The molecule has 90 valence electrons. The fourth-order valence-corrected chi connectivity index (χ4v) is 1.37. The van der Waals surface area contributed by atoms with Gasteiger partial charge in [-0.1, -0.05) is 6.07 Å². The predicted molar refractivity (Wildman–Crippen MR) is 61.3 cm³/mol. The summed E-state index contributed by atoms with van der Waals surface area (Å²) in [6.45, 7) is 4.02. The van der Waals surface area contributed by atoms with Crippen molar-refractivity contribution in [2.75, 3.05) is 13.7 Å². The van der Waals surface area contributed by atoms with Crippen LogP contribution < -0.4 is 39.0 Å². The molecule has 0 aliphatic rings. The van der Waals surface area contributed by atoms with E-state index in [1.807, 2.05) is 6.92 Å². The standard InChI is InChI=1S/C12H16O4.Na.H/c1-4-16-11-7-9(8(2)12(13)14)5-6-10(11)15-3;;/h5-8H,4H2,1-3H3,(H,13,14);;/q;+1;-1. The van der Waals surface area contributed by atoms with Gasteiger partial charge in [0.15, 0.2) is 11.5 Å². The van der Waals surface area contributed by atoms with E-state index in [9.17, 15) is 4.79 Å². The first-order chi connectivity index (χ1) is 7.60. The topological polar surface area (TPSA) is 55.8 Å². The quantitative estimate of drug-likeness (QED) is 0.707. The number of hydrogen-bond donors (Lipinski definition) is 1. The third kappa shape index (κ3) is 4.22. The van der Waals surface area contributed by atoms with E-state index in [-0.39, 0.29) is 31.0 Å². The van der Waals surface area contributed by atoms with Crippen molar-refractivity contribution < 1.29 is 50.4 Å². The van der Waals surface area contributed by atoms with Gasteiger partial charge in [0.2, 0.25) is 0 Å². The maximum Gasteiger partial charge on any atom is 1.00 e. The van der Waals surface area contributed by atoms with E-state index in [2.05, 4.69) is 0 Å². The van der Waals surface area contributed by atoms with Gasteiger partial charge in [-0.25, -0.2) is 0 Å². The van der Waals surface area contributed by atoms with Gasteiger partial charge in [-0.3, -0.25) is 4.79 Å². The molecule has 0 aliphatic heterocycles. The summed E-state index contributed by atoms with van der Waals surface area (Å²) < 4.78 is 10.5. The average molecular weight is 248 g/mol. The molecule has 0 saturated heterocycles. The van der Waals surface area contributed by atoms with E-state index in [0.29, 0.717) is 23.7 Å². The molecule has 1 aromatic rings. The van der Waals surface area contributed by atoms with Crippen LogP contribution in [0.3, 0.4) is 0 Å². The zero-order chi connectivity index (χ0) is 12.1. The average Bonchev–Trinajstić information content (AvgIpc) is 2.28. The van der Waals surface area contributed by atoms with Gasteiger partial charge in [-0.15, -0.1) is 0 Å². The van der Waals surface area contributed by atoms with Crippen LogP contribution in [0.2, 0.25) is 0 Å². The summed E-state index contributed by atoms with van der Waals surface area (Å²) in [6.07, 6.45) is 0. The van der Waals surface area contributed by atoms with Crippen LogP contribution in [0.4, 0.5) is 0 Å². The normalized spacial score (nSPS) is 11.2. The summed E-state index contributed by atoms with van der Waals surface area (Å²) in [7, 11) is 1.55. The Kier molecular flexibility index (Phi) is 7.27. The predicted octanol–water partition coefficient (Wildman–Crippen LogP) is -0.601. The molecule has 0 saturated carbocycles. The molecule has 0 spiro atoms. The molecule has 0 bridgehead atoms. The molecule has 1 N–H and O–H groups in total. The molecule has 0 heterocycles. The molecule has 1 aromatic carbocycles. The Balaban J connectivity index is 0. The van der Waals surface area contributed by atoms with Crippen molar-refractivity contribution in [3.63, 3.8) is 0 Å². The minimum Gasteiger partial charge on any atom is -1.00 e. The van der Waals surface area contributed by atoms with Crippen LogP contribution in [-0.4, -0.2) is 24.8 Å². The zero-order valence-electron chi connectivity index (χ0n) is 11.7. The van der Waals surface area contributed by atoms with Crippen LogP contribution in [0, 0.1) is 0 Å². The first-order valence-electron chi connectivity index (χ1n) is 5.13. The Labute approximate surface area is 125 Å². The van der Waals surface area contributed by atoms with E-state index in [1.165, 1.54) is 0 Å². The van der Waals surface area contributed by atoms with Gasteiger partial charge in [0.1, 0.15) is 0 Å². The Morgan fingerprint density at radius 1 is 1.47 bits per heavy atom. The van der Waals surface area contributed by atoms with E-state index >= 15 is 0 Å². The number of aliphatic carboxylic acids is 1. The first kappa shape index (κ1) is 16.3. The third-order valence-corrected chi connectivity index (χ3v) is 2.36. The fourth-order valence-electron chi connectivity index (χ4n) is 1.37. The van der Waals surface area contributed by atoms with Crippen LogP contribution in [0.25, 0.3) is 0 Å². The van der Waals surface area contributed by atoms with Gasteiger partial charge in [-0.2, -0.15) is 0 Å². The molecule has 1 unspecified atom stereocenters. The molecule has 4 nitrogen and oxygen atoms in total. The minimum atomic E-state index is -0.854. The second-order valence-corrected chi connectivity index (χ2v) is 3.40. The van der Waals surface area contributed by atoms with Gasteiger partial charge in [0.05, 0.1) is 19.6 Å². The Morgan fingerprint density at radius 3 is 2.59 bits per heavy atom. The molecule has 0 radical (unpaired) electrons. The van der Waals surface area contributed by atoms with Crippen LogP contribution in [-0.2, 0) is 4.79 Å². The Hall–Kier alpha value is -0.710. The molecular weight excluding hydrogens is 231 g/mol. The number of ether oxygens (including phenoxy) is 2. The summed E-state index contributed by atoms with van der Waals surface area (Å²) in [5.74, 6) is -0.212. The van der Waals surface area contributed by atoms with Crippen LogP contribution in [0.15, 0.2) is 18.2 Å².